The van der Waals surface area contributed by atoms with Crippen molar-refractivity contribution in [1.29, 1.82) is 0 Å². The second kappa shape index (κ2) is 8.89. The van der Waals surface area contributed by atoms with Crippen LogP contribution in [0.15, 0.2) is 66.7 Å². The first-order chi connectivity index (χ1) is 15.5. The zero-order valence-electron chi connectivity index (χ0n) is 17.3. The molecule has 0 saturated carbocycles. The number of hydrogen-bond donors (Lipinski definition) is 0. The molecule has 0 aliphatic carbocycles. The van der Waals surface area contributed by atoms with E-state index < -0.39 is 23.2 Å². The van der Waals surface area contributed by atoms with Gasteiger partial charge in [-0.1, -0.05) is 36.4 Å². The lowest BCUT2D eigenvalue weighted by atomic mass is 10.0. The average molecular weight is 432 g/mol. The summed E-state index contributed by atoms with van der Waals surface area (Å²) in [6, 6.07) is 19.0. The summed E-state index contributed by atoms with van der Waals surface area (Å²) >= 11 is 0. The molecule has 0 bridgehead atoms. The molecule has 0 saturated heterocycles. The Hall–Kier alpha value is -4.20. The summed E-state index contributed by atoms with van der Waals surface area (Å²) in [6.45, 7) is -0.416. The largest absolute Gasteiger partial charge is 0.477 e. The quantitative estimate of drug-likeness (QED) is 0.340. The van der Waals surface area contributed by atoms with Crippen molar-refractivity contribution in [3.63, 3.8) is 0 Å². The number of carbonyl (C=O) groups is 2. The topological polar surface area (TPSA) is 99.0 Å². The molecular weight excluding hydrogens is 412 g/mol. The molecule has 1 aliphatic rings. The van der Waals surface area contributed by atoms with E-state index in [2.05, 4.69) is 4.74 Å². The zero-order chi connectivity index (χ0) is 22.7. The summed E-state index contributed by atoms with van der Waals surface area (Å²) in [5, 5.41) is 11.5. The van der Waals surface area contributed by atoms with E-state index in [0.717, 1.165) is 41.4 Å². The molecule has 0 fully saturated rings. The van der Waals surface area contributed by atoms with Crippen molar-refractivity contribution in [3.05, 3.63) is 93.5 Å². The van der Waals surface area contributed by atoms with Crippen LogP contribution in [0.2, 0.25) is 0 Å². The van der Waals surface area contributed by atoms with Crippen LogP contribution in [-0.2, 0) is 22.4 Å². The van der Waals surface area contributed by atoms with Gasteiger partial charge in [0.25, 0.3) is 5.91 Å². The van der Waals surface area contributed by atoms with Crippen molar-refractivity contribution in [2.24, 2.45) is 0 Å². The monoisotopic (exact) mass is 432 g/mol. The number of carbonyl (C=O) groups excluding carboxylic acids is 2. The maximum absolute atomic E-state index is 13.3. The molecule has 32 heavy (non-hydrogen) atoms. The van der Waals surface area contributed by atoms with Gasteiger partial charge in [0.15, 0.2) is 12.4 Å². The summed E-state index contributed by atoms with van der Waals surface area (Å²) < 4.78 is 10.2. The number of benzene rings is 3. The van der Waals surface area contributed by atoms with E-state index in [9.17, 15) is 19.7 Å². The number of para-hydroxylation sites is 2. The van der Waals surface area contributed by atoms with E-state index in [1.54, 1.807) is 4.90 Å². The normalized spacial score (nSPS) is 12.2. The Kier molecular flexibility index (Phi) is 5.85. The Balaban J connectivity index is 1.64. The molecule has 4 rings (SSSR count). The van der Waals surface area contributed by atoms with Crippen molar-refractivity contribution in [1.82, 2.24) is 0 Å². The van der Waals surface area contributed by atoms with Gasteiger partial charge in [-0.05, 0) is 48.2 Å². The molecule has 0 radical (unpaired) electrons. The maximum atomic E-state index is 13.3. The smallest absolute Gasteiger partial charge is 0.338 e. The molecule has 0 aromatic heterocycles. The number of esters is 1. The van der Waals surface area contributed by atoms with Crippen LogP contribution in [0.25, 0.3) is 0 Å². The molecule has 3 aromatic carbocycles. The van der Waals surface area contributed by atoms with Gasteiger partial charge in [0.1, 0.15) is 0 Å². The first-order valence-corrected chi connectivity index (χ1v) is 9.98. The number of amides is 1. The van der Waals surface area contributed by atoms with Crippen molar-refractivity contribution in [3.8, 4) is 5.75 Å². The van der Waals surface area contributed by atoms with Crippen molar-refractivity contribution in [2.45, 2.75) is 12.8 Å². The Morgan fingerprint density at radius 1 is 0.969 bits per heavy atom. The summed E-state index contributed by atoms with van der Waals surface area (Å²) in [5.74, 6) is -1.17. The van der Waals surface area contributed by atoms with Gasteiger partial charge in [0.05, 0.1) is 29.0 Å². The lowest BCUT2D eigenvalue weighted by Gasteiger charge is -2.25. The predicted octanol–water partition coefficient (Wildman–Crippen LogP) is 4.22. The first-order valence-electron chi connectivity index (χ1n) is 9.98. The van der Waals surface area contributed by atoms with E-state index in [1.807, 2.05) is 48.5 Å². The van der Waals surface area contributed by atoms with E-state index in [4.69, 9.17) is 4.74 Å². The second-order valence-corrected chi connectivity index (χ2v) is 7.21. The van der Waals surface area contributed by atoms with Crippen LogP contribution < -0.4 is 9.64 Å². The molecule has 162 valence electrons. The minimum absolute atomic E-state index is 0.0215. The summed E-state index contributed by atoms with van der Waals surface area (Å²) in [5.41, 5.74) is 3.20. The third-order valence-corrected chi connectivity index (χ3v) is 5.31. The van der Waals surface area contributed by atoms with E-state index in [-0.39, 0.29) is 17.2 Å². The van der Waals surface area contributed by atoms with E-state index >= 15 is 0 Å². The number of ether oxygens (including phenoxy) is 2. The Bertz CT molecular complexity index is 1160. The van der Waals surface area contributed by atoms with Gasteiger partial charge in [0, 0.05) is 6.07 Å². The van der Waals surface area contributed by atoms with Crippen LogP contribution in [0.1, 0.15) is 21.5 Å². The number of nitro groups is 1. The highest BCUT2D eigenvalue weighted by molar-refractivity contribution is 6.03. The molecule has 8 nitrogen and oxygen atoms in total. The molecule has 0 N–H and O–H groups in total. The molecule has 0 atom stereocenters. The van der Waals surface area contributed by atoms with Gasteiger partial charge < -0.3 is 9.47 Å². The van der Waals surface area contributed by atoms with Crippen molar-refractivity contribution < 1.29 is 24.0 Å². The zero-order valence-corrected chi connectivity index (χ0v) is 17.3. The van der Waals surface area contributed by atoms with E-state index in [1.165, 1.54) is 19.2 Å². The minimum atomic E-state index is -0.700. The number of fused-ring (bicyclic) bond motifs is 2. The number of nitrogens with zero attached hydrogens (tertiary/aromatic N) is 2. The second-order valence-electron chi connectivity index (χ2n) is 7.21. The Morgan fingerprint density at radius 3 is 2.12 bits per heavy atom. The Morgan fingerprint density at radius 2 is 1.56 bits per heavy atom. The highest BCUT2D eigenvalue weighted by Crippen LogP contribution is 2.36. The van der Waals surface area contributed by atoms with Crippen LogP contribution in [-0.4, -0.2) is 30.5 Å². The molecular formula is C24H20N2O6. The lowest BCUT2D eigenvalue weighted by Crippen LogP contribution is -2.31. The molecule has 3 aromatic rings. The van der Waals surface area contributed by atoms with Crippen LogP contribution in [0.5, 0.6) is 5.75 Å². The number of nitro benzene ring substituents is 1. The molecule has 1 amide bonds. The number of hydrogen-bond acceptors (Lipinski definition) is 6. The van der Waals surface area contributed by atoms with Crippen LogP contribution in [0.3, 0.4) is 0 Å². The number of methoxy groups -OCH3 is 1. The fourth-order valence-electron chi connectivity index (χ4n) is 3.78. The third-order valence-electron chi connectivity index (χ3n) is 5.31. The van der Waals surface area contributed by atoms with Gasteiger partial charge in [-0.2, -0.15) is 0 Å². The van der Waals surface area contributed by atoms with Crippen molar-refractivity contribution in [2.75, 3.05) is 18.6 Å². The number of rotatable bonds is 5. The molecule has 1 aliphatic heterocycles. The van der Waals surface area contributed by atoms with Gasteiger partial charge in [-0.25, -0.2) is 4.79 Å². The van der Waals surface area contributed by atoms with Crippen LogP contribution in [0, 0.1) is 10.1 Å². The van der Waals surface area contributed by atoms with Crippen LogP contribution >= 0.6 is 0 Å². The van der Waals surface area contributed by atoms with Crippen LogP contribution in [0.4, 0.5) is 17.1 Å². The fourth-order valence-corrected chi connectivity index (χ4v) is 3.78. The SMILES string of the molecule is COC(=O)c1ccc(OCC(=O)N2c3ccccc3CCc3ccccc32)c([N+](=O)[O-])c1. The molecule has 1 heterocycles. The standard InChI is InChI=1S/C24H20N2O6/c1-31-24(28)18-12-13-22(21(14-18)26(29)30)32-15-23(27)25-19-8-4-2-6-16(19)10-11-17-7-3-5-9-20(17)25/h2-9,12-14H,10-11,15H2,1H3. The summed E-state index contributed by atoms with van der Waals surface area (Å²) in [6.07, 6.45) is 1.58. The molecule has 0 unspecified atom stereocenters. The highest BCUT2D eigenvalue weighted by atomic mass is 16.6. The molecule has 8 heteroatoms. The lowest BCUT2D eigenvalue weighted by molar-refractivity contribution is -0.385. The summed E-state index contributed by atoms with van der Waals surface area (Å²) in [4.78, 5) is 37.4. The first kappa shape index (κ1) is 21.0. The molecule has 0 spiro atoms. The third kappa shape index (κ3) is 4.02. The fraction of sp³-hybridized carbons (Fsp3) is 0.167. The van der Waals surface area contributed by atoms with Gasteiger partial charge in [-0.3, -0.25) is 19.8 Å². The minimum Gasteiger partial charge on any atom is -0.477 e. The predicted molar refractivity (Wildman–Crippen MR) is 117 cm³/mol. The van der Waals surface area contributed by atoms with Crippen molar-refractivity contribution >= 4 is 28.9 Å². The average Bonchev–Trinajstić information content (AvgIpc) is 2.99. The number of aryl methyl sites for hydroxylation is 2. The van der Waals surface area contributed by atoms with Gasteiger partial charge >= 0.3 is 11.7 Å². The maximum Gasteiger partial charge on any atom is 0.338 e. The van der Waals surface area contributed by atoms with Gasteiger partial charge in [-0.15, -0.1) is 0 Å². The Labute approximate surface area is 184 Å². The van der Waals surface area contributed by atoms with E-state index in [0.29, 0.717) is 0 Å². The summed E-state index contributed by atoms with van der Waals surface area (Å²) in [7, 11) is 1.19. The van der Waals surface area contributed by atoms with Gasteiger partial charge in [0.2, 0.25) is 0 Å². The number of anilines is 2. The highest BCUT2D eigenvalue weighted by Gasteiger charge is 2.27.